The van der Waals surface area contributed by atoms with Gasteiger partial charge in [0.25, 0.3) is 0 Å². The molecule has 0 heterocycles. The number of methoxy groups -OCH3 is 3. The minimum Gasteiger partial charge on any atom is -0.497 e. The average molecular weight is 369 g/mol. The molecule has 0 aliphatic heterocycles. The van der Waals surface area contributed by atoms with E-state index in [0.717, 1.165) is 16.9 Å². The lowest BCUT2D eigenvalue weighted by atomic mass is 10.1. The highest BCUT2D eigenvalue weighted by Gasteiger charge is 2.14. The third-order valence-electron chi connectivity index (χ3n) is 4.31. The molecule has 0 bridgehead atoms. The predicted molar refractivity (Wildman–Crippen MR) is 106 cm³/mol. The summed E-state index contributed by atoms with van der Waals surface area (Å²) in [6.45, 7) is 4.82. The Morgan fingerprint density at radius 1 is 0.963 bits per heavy atom. The summed E-state index contributed by atoms with van der Waals surface area (Å²) < 4.78 is 15.7. The van der Waals surface area contributed by atoms with Crippen molar-refractivity contribution in [2.24, 2.45) is 0 Å². The molecule has 0 aliphatic rings. The van der Waals surface area contributed by atoms with Crippen molar-refractivity contribution in [3.63, 3.8) is 0 Å². The molecule has 1 amide bonds. The topological polar surface area (TPSA) is 48.0 Å². The van der Waals surface area contributed by atoms with Crippen molar-refractivity contribution in [1.82, 2.24) is 4.90 Å². The Morgan fingerprint density at radius 2 is 1.63 bits per heavy atom. The van der Waals surface area contributed by atoms with Crippen LogP contribution in [0.1, 0.15) is 17.5 Å². The van der Waals surface area contributed by atoms with Crippen LogP contribution in [0.5, 0.6) is 17.2 Å². The third-order valence-corrected chi connectivity index (χ3v) is 4.31. The Hall–Kier alpha value is -2.95. The molecule has 27 heavy (non-hydrogen) atoms. The summed E-state index contributed by atoms with van der Waals surface area (Å²) in [6.07, 6.45) is 2.80. The number of aryl methyl sites for hydroxylation is 1. The number of carbonyl (C=O) groups is 1. The number of rotatable bonds is 10. The largest absolute Gasteiger partial charge is 0.497 e. The molecule has 0 unspecified atom stereocenters. The molecule has 0 saturated heterocycles. The fourth-order valence-electron chi connectivity index (χ4n) is 2.81. The van der Waals surface area contributed by atoms with Crippen molar-refractivity contribution < 1.29 is 19.0 Å². The third kappa shape index (κ3) is 5.78. The Bertz CT molecular complexity index is 755. The van der Waals surface area contributed by atoms with E-state index in [-0.39, 0.29) is 5.91 Å². The minimum absolute atomic E-state index is 0.0838. The molecule has 0 aromatic heterocycles. The molecule has 2 rings (SSSR count). The summed E-state index contributed by atoms with van der Waals surface area (Å²) in [5.41, 5.74) is 2.08. The monoisotopic (exact) mass is 369 g/mol. The maximum absolute atomic E-state index is 12.7. The first-order valence-corrected chi connectivity index (χ1v) is 8.83. The average Bonchev–Trinajstić information content (AvgIpc) is 2.71. The van der Waals surface area contributed by atoms with Crippen LogP contribution in [-0.4, -0.2) is 38.7 Å². The maximum Gasteiger partial charge on any atom is 0.223 e. The maximum atomic E-state index is 12.7. The van der Waals surface area contributed by atoms with Crippen LogP contribution >= 0.6 is 0 Å². The van der Waals surface area contributed by atoms with Crippen LogP contribution < -0.4 is 14.2 Å². The molecule has 2 aromatic rings. The molecule has 5 nitrogen and oxygen atoms in total. The second-order valence-electron chi connectivity index (χ2n) is 6.10. The lowest BCUT2D eigenvalue weighted by Gasteiger charge is -2.21. The molecule has 5 heteroatoms. The number of benzene rings is 2. The van der Waals surface area contributed by atoms with Gasteiger partial charge < -0.3 is 19.1 Å². The van der Waals surface area contributed by atoms with Gasteiger partial charge in [0, 0.05) is 19.5 Å². The molecule has 2 aromatic carbocycles. The Balaban J connectivity index is 2.00. The van der Waals surface area contributed by atoms with Gasteiger partial charge in [0.05, 0.1) is 21.3 Å². The van der Waals surface area contributed by atoms with E-state index < -0.39 is 0 Å². The van der Waals surface area contributed by atoms with Gasteiger partial charge in [0.2, 0.25) is 5.91 Å². The number of ether oxygens (including phenoxy) is 3. The Kier molecular flexibility index (Phi) is 7.74. The molecular weight excluding hydrogens is 342 g/mol. The molecule has 0 atom stereocenters. The first-order chi connectivity index (χ1) is 13.1. The lowest BCUT2D eigenvalue weighted by Crippen LogP contribution is -2.30. The smallest absolute Gasteiger partial charge is 0.223 e. The first-order valence-electron chi connectivity index (χ1n) is 8.83. The number of hydrogen-bond donors (Lipinski definition) is 0. The van der Waals surface area contributed by atoms with Crippen LogP contribution in [0.3, 0.4) is 0 Å². The van der Waals surface area contributed by atoms with Crippen molar-refractivity contribution in [1.29, 1.82) is 0 Å². The quantitative estimate of drug-likeness (QED) is 0.597. The summed E-state index contributed by atoms with van der Waals surface area (Å²) in [7, 11) is 4.84. The van der Waals surface area contributed by atoms with E-state index in [1.54, 1.807) is 32.3 Å². The van der Waals surface area contributed by atoms with Gasteiger partial charge in [-0.15, -0.1) is 6.58 Å². The van der Waals surface area contributed by atoms with Crippen molar-refractivity contribution in [2.45, 2.75) is 19.4 Å². The molecule has 0 aliphatic carbocycles. The van der Waals surface area contributed by atoms with E-state index >= 15 is 0 Å². The summed E-state index contributed by atoms with van der Waals surface area (Å²) in [5.74, 6) is 2.23. The Morgan fingerprint density at radius 3 is 2.22 bits per heavy atom. The normalized spacial score (nSPS) is 10.2. The summed E-state index contributed by atoms with van der Waals surface area (Å²) >= 11 is 0. The van der Waals surface area contributed by atoms with Crippen molar-refractivity contribution in [2.75, 3.05) is 27.9 Å². The van der Waals surface area contributed by atoms with Gasteiger partial charge in [0.15, 0.2) is 11.5 Å². The Labute approximate surface area is 161 Å². The predicted octanol–water partition coefficient (Wildman–Crippen LogP) is 3.86. The summed E-state index contributed by atoms with van der Waals surface area (Å²) in [4.78, 5) is 14.5. The van der Waals surface area contributed by atoms with Gasteiger partial charge >= 0.3 is 0 Å². The molecule has 0 fully saturated rings. The SMILES string of the molecule is C=CCN(Cc1ccc(OC)cc1)C(=O)CCc1ccc(OC)c(OC)c1. The van der Waals surface area contributed by atoms with E-state index in [0.29, 0.717) is 37.4 Å². The molecule has 0 spiro atoms. The van der Waals surface area contributed by atoms with Gasteiger partial charge in [-0.1, -0.05) is 24.3 Å². The van der Waals surface area contributed by atoms with E-state index in [9.17, 15) is 4.79 Å². The zero-order chi connectivity index (χ0) is 19.6. The van der Waals surface area contributed by atoms with Gasteiger partial charge in [-0.25, -0.2) is 0 Å². The second kappa shape index (κ2) is 10.3. The molecule has 0 radical (unpaired) electrons. The lowest BCUT2D eigenvalue weighted by molar-refractivity contribution is -0.131. The summed E-state index contributed by atoms with van der Waals surface area (Å²) in [5, 5.41) is 0. The van der Waals surface area contributed by atoms with Crippen LogP contribution in [0, 0.1) is 0 Å². The van der Waals surface area contributed by atoms with Gasteiger partial charge in [-0.05, 0) is 41.8 Å². The molecular formula is C22H27NO4. The fourth-order valence-corrected chi connectivity index (χ4v) is 2.81. The molecule has 0 saturated carbocycles. The number of hydrogen-bond acceptors (Lipinski definition) is 4. The molecule has 0 N–H and O–H groups in total. The highest BCUT2D eigenvalue weighted by atomic mass is 16.5. The van der Waals surface area contributed by atoms with E-state index in [1.807, 2.05) is 42.5 Å². The van der Waals surface area contributed by atoms with E-state index in [1.165, 1.54) is 0 Å². The highest BCUT2D eigenvalue weighted by Crippen LogP contribution is 2.28. The first kappa shape index (κ1) is 20.4. The zero-order valence-electron chi connectivity index (χ0n) is 16.2. The zero-order valence-corrected chi connectivity index (χ0v) is 16.2. The van der Waals surface area contributed by atoms with Crippen LogP contribution in [0.2, 0.25) is 0 Å². The number of carbonyl (C=O) groups excluding carboxylic acids is 1. The van der Waals surface area contributed by atoms with Gasteiger partial charge in [0.1, 0.15) is 5.75 Å². The molecule has 144 valence electrons. The second-order valence-corrected chi connectivity index (χ2v) is 6.10. The van der Waals surface area contributed by atoms with Crippen LogP contribution in [0.4, 0.5) is 0 Å². The number of amides is 1. The van der Waals surface area contributed by atoms with Crippen LogP contribution in [0.25, 0.3) is 0 Å². The van der Waals surface area contributed by atoms with Gasteiger partial charge in [-0.2, -0.15) is 0 Å². The fraction of sp³-hybridized carbons (Fsp3) is 0.318. The van der Waals surface area contributed by atoms with Crippen molar-refractivity contribution >= 4 is 5.91 Å². The minimum atomic E-state index is 0.0838. The summed E-state index contributed by atoms with van der Waals surface area (Å²) in [6, 6.07) is 13.5. The highest BCUT2D eigenvalue weighted by molar-refractivity contribution is 5.76. The van der Waals surface area contributed by atoms with Crippen LogP contribution in [-0.2, 0) is 17.8 Å². The van der Waals surface area contributed by atoms with Gasteiger partial charge in [-0.3, -0.25) is 4.79 Å². The van der Waals surface area contributed by atoms with Crippen molar-refractivity contribution in [3.8, 4) is 17.2 Å². The van der Waals surface area contributed by atoms with E-state index in [2.05, 4.69) is 6.58 Å². The number of nitrogens with zero attached hydrogens (tertiary/aromatic N) is 1. The van der Waals surface area contributed by atoms with E-state index in [4.69, 9.17) is 14.2 Å². The van der Waals surface area contributed by atoms with Crippen molar-refractivity contribution in [3.05, 3.63) is 66.2 Å². The standard InChI is InChI=1S/C22H27NO4/c1-5-14-23(16-18-6-10-19(25-2)11-7-18)22(24)13-9-17-8-12-20(26-3)21(15-17)27-4/h5-8,10-12,15H,1,9,13-14,16H2,2-4H3. The van der Waals surface area contributed by atoms with Crippen LogP contribution in [0.15, 0.2) is 55.1 Å².